The van der Waals surface area contributed by atoms with E-state index in [0.717, 1.165) is 17.0 Å². The lowest BCUT2D eigenvalue weighted by Crippen LogP contribution is -1.99. The van der Waals surface area contributed by atoms with Crippen LogP contribution in [0.4, 0.5) is 5.95 Å². The van der Waals surface area contributed by atoms with Crippen LogP contribution in [-0.2, 0) is 0 Å². The van der Waals surface area contributed by atoms with Crippen molar-refractivity contribution in [2.45, 2.75) is 40.5 Å². The second-order valence-electron chi connectivity index (χ2n) is 6.05. The van der Waals surface area contributed by atoms with E-state index in [0.29, 0.717) is 11.9 Å². The number of aryl methyl sites for hydroxylation is 2. The van der Waals surface area contributed by atoms with Gasteiger partial charge in [0.2, 0.25) is 5.95 Å². The van der Waals surface area contributed by atoms with Crippen molar-refractivity contribution >= 4 is 18.2 Å². The lowest BCUT2D eigenvalue weighted by Gasteiger charge is -2.05. The minimum absolute atomic E-state index is 0.521. The SMILES string of the molecule is CC(/C=N\Nc1nc(C)cc(C)n1)=C\c1ccc(C(C)C)cc1. The summed E-state index contributed by atoms with van der Waals surface area (Å²) in [5, 5.41) is 4.20. The molecule has 120 valence electrons. The molecule has 0 saturated carbocycles. The van der Waals surface area contributed by atoms with Crippen LogP contribution in [0.2, 0.25) is 0 Å². The van der Waals surface area contributed by atoms with Crippen molar-refractivity contribution in [3.8, 4) is 0 Å². The molecule has 0 spiro atoms. The number of nitrogens with zero attached hydrogens (tertiary/aromatic N) is 3. The Hall–Kier alpha value is -2.49. The van der Waals surface area contributed by atoms with Crippen LogP contribution in [0, 0.1) is 13.8 Å². The first kappa shape index (κ1) is 16.9. The molecule has 0 aliphatic carbocycles. The maximum Gasteiger partial charge on any atom is 0.243 e. The summed E-state index contributed by atoms with van der Waals surface area (Å²) >= 11 is 0. The van der Waals surface area contributed by atoms with Crippen LogP contribution in [0.15, 0.2) is 41.0 Å². The van der Waals surface area contributed by atoms with E-state index in [4.69, 9.17) is 0 Å². The fourth-order valence-corrected chi connectivity index (χ4v) is 2.25. The minimum atomic E-state index is 0.521. The van der Waals surface area contributed by atoms with E-state index in [2.05, 4.69) is 64.7 Å². The Kier molecular flexibility index (Phi) is 5.63. The van der Waals surface area contributed by atoms with Crippen LogP contribution in [0.1, 0.15) is 49.2 Å². The maximum atomic E-state index is 4.29. The predicted molar refractivity (Wildman–Crippen MR) is 97.8 cm³/mol. The van der Waals surface area contributed by atoms with Gasteiger partial charge in [-0.3, -0.25) is 0 Å². The van der Waals surface area contributed by atoms with Crippen molar-refractivity contribution in [1.82, 2.24) is 9.97 Å². The van der Waals surface area contributed by atoms with Crippen molar-refractivity contribution < 1.29 is 0 Å². The zero-order valence-corrected chi connectivity index (χ0v) is 14.5. The Balaban J connectivity index is 2.01. The number of hydrazone groups is 1. The highest BCUT2D eigenvalue weighted by atomic mass is 15.3. The summed E-state index contributed by atoms with van der Waals surface area (Å²) < 4.78 is 0. The first-order valence-electron chi connectivity index (χ1n) is 7.83. The van der Waals surface area contributed by atoms with E-state index in [1.807, 2.05) is 26.8 Å². The van der Waals surface area contributed by atoms with Crippen molar-refractivity contribution in [1.29, 1.82) is 0 Å². The van der Waals surface area contributed by atoms with E-state index in [9.17, 15) is 0 Å². The molecule has 1 N–H and O–H groups in total. The summed E-state index contributed by atoms with van der Waals surface area (Å²) in [7, 11) is 0. The summed E-state index contributed by atoms with van der Waals surface area (Å²) in [5.41, 5.74) is 8.29. The Morgan fingerprint density at radius 2 is 1.70 bits per heavy atom. The third-order valence-corrected chi connectivity index (χ3v) is 3.41. The largest absolute Gasteiger partial charge is 0.245 e. The molecular weight excluding hydrogens is 284 g/mol. The first-order chi connectivity index (χ1) is 10.9. The number of nitrogens with one attached hydrogen (secondary N) is 1. The lowest BCUT2D eigenvalue weighted by atomic mass is 10.0. The fourth-order valence-electron chi connectivity index (χ4n) is 2.25. The fraction of sp³-hybridized carbons (Fsp3) is 0.316. The Bertz CT molecular complexity index is 692. The van der Waals surface area contributed by atoms with Gasteiger partial charge in [-0.2, -0.15) is 5.10 Å². The van der Waals surface area contributed by atoms with Crippen LogP contribution in [0.3, 0.4) is 0 Å². The molecule has 0 fully saturated rings. The standard InChI is InChI=1S/C19H24N4/c1-13(2)18-8-6-17(7-9-18)10-14(3)12-20-23-19-21-15(4)11-16(5)22-19/h6-13H,1-5H3,(H,21,22,23)/b14-10+,20-12-. The second kappa shape index (κ2) is 7.68. The van der Waals surface area contributed by atoms with Gasteiger partial charge in [-0.15, -0.1) is 0 Å². The number of hydrogen-bond acceptors (Lipinski definition) is 4. The average molecular weight is 308 g/mol. The molecule has 1 heterocycles. The maximum absolute atomic E-state index is 4.29. The lowest BCUT2D eigenvalue weighted by molar-refractivity contribution is 0.866. The van der Waals surface area contributed by atoms with Gasteiger partial charge in [0.1, 0.15) is 0 Å². The van der Waals surface area contributed by atoms with Gasteiger partial charge < -0.3 is 0 Å². The smallest absolute Gasteiger partial charge is 0.243 e. The minimum Gasteiger partial charge on any atom is -0.245 e. The van der Waals surface area contributed by atoms with Gasteiger partial charge in [0, 0.05) is 11.4 Å². The van der Waals surface area contributed by atoms with Crippen molar-refractivity contribution in [2.24, 2.45) is 5.10 Å². The van der Waals surface area contributed by atoms with Gasteiger partial charge in [0.15, 0.2) is 0 Å². The molecule has 1 aromatic heterocycles. The molecular formula is C19H24N4. The molecule has 0 atom stereocenters. The zero-order chi connectivity index (χ0) is 16.8. The van der Waals surface area contributed by atoms with Crippen molar-refractivity contribution in [3.63, 3.8) is 0 Å². The molecule has 4 heteroatoms. The van der Waals surface area contributed by atoms with Crippen molar-refractivity contribution in [3.05, 3.63) is 58.4 Å². The number of hydrogen-bond donors (Lipinski definition) is 1. The van der Waals surface area contributed by atoms with Crippen LogP contribution < -0.4 is 5.43 Å². The average Bonchev–Trinajstić information content (AvgIpc) is 2.46. The van der Waals surface area contributed by atoms with E-state index in [1.54, 1.807) is 6.21 Å². The van der Waals surface area contributed by atoms with Gasteiger partial charge in [0.05, 0.1) is 6.21 Å². The summed E-state index contributed by atoms with van der Waals surface area (Å²) in [6.45, 7) is 10.3. The highest BCUT2D eigenvalue weighted by Gasteiger charge is 1.98. The predicted octanol–water partition coefficient (Wildman–Crippen LogP) is 4.72. The summed E-state index contributed by atoms with van der Waals surface area (Å²) in [6.07, 6.45) is 3.87. The first-order valence-corrected chi connectivity index (χ1v) is 7.83. The molecule has 2 aromatic rings. The number of aromatic nitrogens is 2. The van der Waals surface area contributed by atoms with E-state index < -0.39 is 0 Å². The number of anilines is 1. The van der Waals surface area contributed by atoms with Gasteiger partial charge in [0.25, 0.3) is 0 Å². The molecule has 0 saturated heterocycles. The topological polar surface area (TPSA) is 50.2 Å². The Morgan fingerprint density at radius 3 is 2.26 bits per heavy atom. The Morgan fingerprint density at radius 1 is 1.09 bits per heavy atom. The molecule has 0 bridgehead atoms. The van der Waals surface area contributed by atoms with Crippen molar-refractivity contribution in [2.75, 3.05) is 5.43 Å². The molecule has 0 radical (unpaired) electrons. The summed E-state index contributed by atoms with van der Waals surface area (Å²) in [4.78, 5) is 8.57. The number of rotatable bonds is 5. The van der Waals surface area contributed by atoms with E-state index in [-0.39, 0.29) is 0 Å². The highest BCUT2D eigenvalue weighted by molar-refractivity contribution is 5.85. The Labute approximate surface area is 138 Å². The number of benzene rings is 1. The van der Waals surface area contributed by atoms with Gasteiger partial charge in [-0.1, -0.05) is 44.2 Å². The highest BCUT2D eigenvalue weighted by Crippen LogP contribution is 2.16. The molecule has 0 aliphatic rings. The molecule has 23 heavy (non-hydrogen) atoms. The molecule has 0 amide bonds. The zero-order valence-electron chi connectivity index (χ0n) is 14.5. The molecule has 1 aromatic carbocycles. The molecule has 0 aliphatic heterocycles. The molecule has 4 nitrogen and oxygen atoms in total. The van der Waals surface area contributed by atoms with Crippen LogP contribution in [-0.4, -0.2) is 16.2 Å². The molecule has 0 unspecified atom stereocenters. The van der Waals surface area contributed by atoms with Gasteiger partial charge in [-0.05, 0) is 49.5 Å². The molecule has 2 rings (SSSR count). The second-order valence-corrected chi connectivity index (χ2v) is 6.05. The van der Waals surface area contributed by atoms with Crippen LogP contribution >= 0.6 is 0 Å². The normalized spacial score (nSPS) is 12.2. The monoisotopic (exact) mass is 308 g/mol. The summed E-state index contributed by atoms with van der Waals surface area (Å²) in [6, 6.07) is 10.5. The van der Waals surface area contributed by atoms with Crippen LogP contribution in [0.5, 0.6) is 0 Å². The third kappa shape index (κ3) is 5.33. The number of allylic oxidation sites excluding steroid dienone is 1. The van der Waals surface area contributed by atoms with Crippen LogP contribution in [0.25, 0.3) is 6.08 Å². The van der Waals surface area contributed by atoms with E-state index in [1.165, 1.54) is 11.1 Å². The van der Waals surface area contributed by atoms with Gasteiger partial charge >= 0.3 is 0 Å². The van der Waals surface area contributed by atoms with E-state index >= 15 is 0 Å². The quantitative estimate of drug-likeness (QED) is 0.642. The summed E-state index contributed by atoms with van der Waals surface area (Å²) in [5.74, 6) is 1.07. The van der Waals surface area contributed by atoms with Gasteiger partial charge in [-0.25, -0.2) is 15.4 Å². The third-order valence-electron chi connectivity index (χ3n) is 3.41.